The highest BCUT2D eigenvalue weighted by Gasteiger charge is 2.32. The van der Waals surface area contributed by atoms with Gasteiger partial charge in [0.15, 0.2) is 0 Å². The number of carbonyl (C=O) groups excluding carboxylic acids is 1. The molecule has 0 atom stereocenters. The fourth-order valence-corrected chi connectivity index (χ4v) is 2.76. The maximum absolute atomic E-state index is 12.0. The first-order valence-electron chi connectivity index (χ1n) is 5.70. The third-order valence-electron chi connectivity index (χ3n) is 2.63. The Morgan fingerprint density at radius 3 is 2.56 bits per heavy atom. The summed E-state index contributed by atoms with van der Waals surface area (Å²) in [6.45, 7) is 7.80. The fraction of sp³-hybridized carbons (Fsp3) is 0.615. The van der Waals surface area contributed by atoms with E-state index in [4.69, 9.17) is 4.74 Å². The van der Waals surface area contributed by atoms with Gasteiger partial charge in [-0.1, -0.05) is 0 Å². The lowest BCUT2D eigenvalue weighted by atomic mass is 10.1. The topological polar surface area (TPSA) is 26.3 Å². The zero-order chi connectivity index (χ0) is 11.9. The van der Waals surface area contributed by atoms with Crippen LogP contribution >= 0.6 is 11.3 Å². The Kier molecular flexibility index (Phi) is 2.82. The first-order chi connectivity index (χ1) is 7.38. The van der Waals surface area contributed by atoms with Gasteiger partial charge in [0.25, 0.3) is 0 Å². The predicted molar refractivity (Wildman–Crippen MR) is 66.2 cm³/mol. The van der Waals surface area contributed by atoms with Gasteiger partial charge in [-0.3, -0.25) is 0 Å². The minimum atomic E-state index is -0.409. The van der Waals surface area contributed by atoms with Crippen molar-refractivity contribution < 1.29 is 9.53 Å². The van der Waals surface area contributed by atoms with Crippen LogP contribution in [0.15, 0.2) is 5.38 Å². The molecule has 0 unspecified atom stereocenters. The molecule has 1 aromatic rings. The van der Waals surface area contributed by atoms with Crippen molar-refractivity contribution in [1.82, 2.24) is 0 Å². The molecule has 0 radical (unpaired) electrons. The highest BCUT2D eigenvalue weighted by atomic mass is 32.1. The average Bonchev–Trinajstić information content (AvgIpc) is 2.87. The van der Waals surface area contributed by atoms with Crippen molar-refractivity contribution in [1.29, 1.82) is 0 Å². The Morgan fingerprint density at radius 1 is 1.44 bits per heavy atom. The lowest BCUT2D eigenvalue weighted by molar-refractivity contribution is 0.00689. The molecule has 2 nitrogen and oxygen atoms in total. The maximum atomic E-state index is 12.0. The van der Waals surface area contributed by atoms with Crippen LogP contribution in [0.3, 0.4) is 0 Å². The number of carbonyl (C=O) groups is 1. The van der Waals surface area contributed by atoms with E-state index >= 15 is 0 Å². The van der Waals surface area contributed by atoms with Crippen molar-refractivity contribution >= 4 is 17.3 Å². The molecule has 0 bridgehead atoms. The van der Waals surface area contributed by atoms with Gasteiger partial charge in [0.1, 0.15) is 5.60 Å². The quantitative estimate of drug-likeness (QED) is 0.731. The summed E-state index contributed by atoms with van der Waals surface area (Å²) in [7, 11) is 0. The van der Waals surface area contributed by atoms with Crippen LogP contribution in [-0.4, -0.2) is 11.6 Å². The Balaban J connectivity index is 2.23. The van der Waals surface area contributed by atoms with Crippen LogP contribution in [0, 0.1) is 6.92 Å². The lowest BCUT2D eigenvalue weighted by Gasteiger charge is -2.19. The van der Waals surface area contributed by atoms with Gasteiger partial charge in [0.2, 0.25) is 0 Å². The summed E-state index contributed by atoms with van der Waals surface area (Å²) >= 11 is 1.65. The molecule has 1 aliphatic carbocycles. The molecule has 88 valence electrons. The summed E-state index contributed by atoms with van der Waals surface area (Å²) in [4.78, 5) is 13.3. The van der Waals surface area contributed by atoms with Crippen LogP contribution in [-0.2, 0) is 4.74 Å². The molecule has 2 rings (SSSR count). The second kappa shape index (κ2) is 3.88. The van der Waals surface area contributed by atoms with E-state index in [-0.39, 0.29) is 5.97 Å². The van der Waals surface area contributed by atoms with Gasteiger partial charge in [-0.25, -0.2) is 4.79 Å². The highest BCUT2D eigenvalue weighted by molar-refractivity contribution is 7.10. The number of rotatable bonds is 2. The largest absolute Gasteiger partial charge is 0.456 e. The van der Waals surface area contributed by atoms with Crippen molar-refractivity contribution in [2.45, 2.75) is 52.1 Å². The van der Waals surface area contributed by atoms with Crippen molar-refractivity contribution in [2.24, 2.45) is 0 Å². The SMILES string of the molecule is Cc1scc(C(=O)OC(C)(C)C)c1C1CC1. The van der Waals surface area contributed by atoms with Gasteiger partial charge in [-0.05, 0) is 52.0 Å². The van der Waals surface area contributed by atoms with Crippen molar-refractivity contribution in [3.05, 3.63) is 21.4 Å². The second-order valence-electron chi connectivity index (χ2n) is 5.40. The molecule has 0 saturated heterocycles. The zero-order valence-electron chi connectivity index (χ0n) is 10.3. The molecule has 1 aliphatic rings. The van der Waals surface area contributed by atoms with Crippen LogP contribution in [0.2, 0.25) is 0 Å². The Labute approximate surface area is 101 Å². The molecule has 16 heavy (non-hydrogen) atoms. The smallest absolute Gasteiger partial charge is 0.339 e. The first kappa shape index (κ1) is 11.6. The third-order valence-corrected chi connectivity index (χ3v) is 3.55. The molecular weight excluding hydrogens is 220 g/mol. The standard InChI is InChI=1S/C13H18O2S/c1-8-11(9-5-6-9)10(7-16-8)12(14)15-13(2,3)4/h7,9H,5-6H2,1-4H3. The van der Waals surface area contributed by atoms with Crippen molar-refractivity contribution in [3.8, 4) is 0 Å². The van der Waals surface area contributed by atoms with Crippen molar-refractivity contribution in [2.75, 3.05) is 0 Å². The molecule has 0 aliphatic heterocycles. The predicted octanol–water partition coefficient (Wildman–Crippen LogP) is 3.89. The number of hydrogen-bond donors (Lipinski definition) is 0. The molecule has 0 aromatic carbocycles. The van der Waals surface area contributed by atoms with Crippen LogP contribution in [0.1, 0.15) is 60.3 Å². The molecule has 0 amide bonds. The van der Waals surface area contributed by atoms with Gasteiger partial charge < -0.3 is 4.74 Å². The first-order valence-corrected chi connectivity index (χ1v) is 6.58. The zero-order valence-corrected chi connectivity index (χ0v) is 11.1. The van der Waals surface area contributed by atoms with E-state index in [1.54, 1.807) is 11.3 Å². The summed E-state index contributed by atoms with van der Waals surface area (Å²) in [6, 6.07) is 0. The minimum Gasteiger partial charge on any atom is -0.456 e. The summed E-state index contributed by atoms with van der Waals surface area (Å²) in [5, 5.41) is 1.94. The van der Waals surface area contributed by atoms with Gasteiger partial charge in [0, 0.05) is 10.3 Å². The van der Waals surface area contributed by atoms with Gasteiger partial charge in [-0.15, -0.1) is 11.3 Å². The minimum absolute atomic E-state index is 0.168. The molecule has 1 heterocycles. The molecule has 0 spiro atoms. The monoisotopic (exact) mass is 238 g/mol. The summed E-state index contributed by atoms with van der Waals surface area (Å²) in [5.74, 6) is 0.438. The summed E-state index contributed by atoms with van der Waals surface area (Å²) in [5.41, 5.74) is 1.62. The highest BCUT2D eigenvalue weighted by Crippen LogP contribution is 2.45. The van der Waals surface area contributed by atoms with E-state index in [9.17, 15) is 4.79 Å². The van der Waals surface area contributed by atoms with Gasteiger partial charge >= 0.3 is 5.97 Å². The van der Waals surface area contributed by atoms with Crippen LogP contribution in [0.5, 0.6) is 0 Å². The third kappa shape index (κ3) is 2.46. The van der Waals surface area contributed by atoms with Gasteiger partial charge in [0.05, 0.1) is 5.56 Å². The van der Waals surface area contributed by atoms with Crippen LogP contribution in [0.25, 0.3) is 0 Å². The molecule has 3 heteroatoms. The Hall–Kier alpha value is -0.830. The number of thiophene rings is 1. The van der Waals surface area contributed by atoms with E-state index < -0.39 is 5.60 Å². The average molecular weight is 238 g/mol. The second-order valence-corrected chi connectivity index (χ2v) is 6.48. The number of hydrogen-bond acceptors (Lipinski definition) is 3. The van der Waals surface area contributed by atoms with Crippen LogP contribution in [0.4, 0.5) is 0 Å². The van der Waals surface area contributed by atoms with Crippen LogP contribution < -0.4 is 0 Å². The molecule has 1 aromatic heterocycles. The van der Waals surface area contributed by atoms with Gasteiger partial charge in [-0.2, -0.15) is 0 Å². The maximum Gasteiger partial charge on any atom is 0.339 e. The molecule has 1 saturated carbocycles. The van der Waals surface area contributed by atoms with Crippen molar-refractivity contribution in [3.63, 3.8) is 0 Å². The lowest BCUT2D eigenvalue weighted by Crippen LogP contribution is -2.24. The summed E-state index contributed by atoms with van der Waals surface area (Å²) in [6.07, 6.45) is 2.43. The van der Waals surface area contributed by atoms with E-state index in [2.05, 4.69) is 6.92 Å². The summed E-state index contributed by atoms with van der Waals surface area (Å²) < 4.78 is 5.42. The van der Waals surface area contributed by atoms with E-state index in [0.29, 0.717) is 5.92 Å². The van der Waals surface area contributed by atoms with E-state index in [0.717, 1.165) is 5.56 Å². The normalized spacial score (nSPS) is 16.2. The Bertz CT molecular complexity index is 408. The van der Waals surface area contributed by atoms with E-state index in [1.807, 2.05) is 26.2 Å². The number of esters is 1. The molecule has 0 N–H and O–H groups in total. The molecular formula is C13H18O2S. The Morgan fingerprint density at radius 2 is 2.06 bits per heavy atom. The number of aryl methyl sites for hydroxylation is 1. The number of ether oxygens (including phenoxy) is 1. The fourth-order valence-electron chi connectivity index (χ4n) is 1.83. The molecule has 1 fully saturated rings. The van der Waals surface area contributed by atoms with E-state index in [1.165, 1.54) is 23.3 Å².